The van der Waals surface area contributed by atoms with Crippen LogP contribution in [0.25, 0.3) is 0 Å². The molecular formula is C24H32BrN3O4S. The van der Waals surface area contributed by atoms with Gasteiger partial charge in [0.15, 0.2) is 0 Å². The number of hydrogen-bond donors (Lipinski definition) is 1. The number of nitrogens with one attached hydrogen (secondary N) is 1. The number of anilines is 1. The maximum atomic E-state index is 13.5. The first-order valence-corrected chi connectivity index (χ1v) is 13.2. The number of amides is 2. The summed E-state index contributed by atoms with van der Waals surface area (Å²) in [6.07, 6.45) is 1.07. The van der Waals surface area contributed by atoms with Crippen molar-refractivity contribution in [2.45, 2.75) is 52.7 Å². The molecule has 0 unspecified atom stereocenters. The second kappa shape index (κ2) is 10.7. The number of halogens is 1. The van der Waals surface area contributed by atoms with Crippen molar-refractivity contribution in [1.82, 2.24) is 10.2 Å². The summed E-state index contributed by atoms with van der Waals surface area (Å²) in [4.78, 5) is 27.8. The van der Waals surface area contributed by atoms with Crippen molar-refractivity contribution in [3.8, 4) is 0 Å². The number of rotatable bonds is 8. The van der Waals surface area contributed by atoms with Crippen molar-refractivity contribution in [3.63, 3.8) is 0 Å². The van der Waals surface area contributed by atoms with Gasteiger partial charge in [-0.15, -0.1) is 0 Å². The van der Waals surface area contributed by atoms with Crippen LogP contribution in [0.5, 0.6) is 0 Å². The third-order valence-corrected chi connectivity index (χ3v) is 6.65. The van der Waals surface area contributed by atoms with Crippen LogP contribution in [0.15, 0.2) is 53.0 Å². The molecule has 0 aromatic heterocycles. The summed E-state index contributed by atoms with van der Waals surface area (Å²) in [5.74, 6) is -0.780. The summed E-state index contributed by atoms with van der Waals surface area (Å²) in [6, 6.07) is 13.6. The number of benzene rings is 2. The van der Waals surface area contributed by atoms with E-state index in [4.69, 9.17) is 0 Å². The van der Waals surface area contributed by atoms with Gasteiger partial charge in [-0.2, -0.15) is 0 Å². The van der Waals surface area contributed by atoms with Gasteiger partial charge in [0, 0.05) is 16.6 Å². The summed E-state index contributed by atoms with van der Waals surface area (Å²) < 4.78 is 27.2. The molecular weight excluding hydrogens is 506 g/mol. The summed E-state index contributed by atoms with van der Waals surface area (Å²) in [7, 11) is -3.74. The van der Waals surface area contributed by atoms with Crippen LogP contribution in [0.1, 0.15) is 38.8 Å². The first kappa shape index (κ1) is 26.9. The number of aryl methyl sites for hydroxylation is 1. The van der Waals surface area contributed by atoms with E-state index < -0.39 is 34.1 Å². The van der Waals surface area contributed by atoms with Gasteiger partial charge in [0.05, 0.1) is 11.9 Å². The van der Waals surface area contributed by atoms with Gasteiger partial charge in [0.2, 0.25) is 21.8 Å². The van der Waals surface area contributed by atoms with Gasteiger partial charge in [-0.25, -0.2) is 8.42 Å². The van der Waals surface area contributed by atoms with Crippen LogP contribution in [-0.4, -0.2) is 49.5 Å². The van der Waals surface area contributed by atoms with Crippen LogP contribution in [-0.2, 0) is 26.2 Å². The predicted molar refractivity (Wildman–Crippen MR) is 135 cm³/mol. The molecule has 0 fully saturated rings. The third-order valence-electron chi connectivity index (χ3n) is 5.00. The fourth-order valence-electron chi connectivity index (χ4n) is 3.28. The van der Waals surface area contributed by atoms with Crippen molar-refractivity contribution in [3.05, 3.63) is 64.1 Å². The fraction of sp³-hybridized carbons (Fsp3) is 0.417. The highest BCUT2D eigenvalue weighted by Crippen LogP contribution is 2.23. The minimum absolute atomic E-state index is 0.163. The molecule has 0 aliphatic heterocycles. The molecule has 0 aliphatic carbocycles. The van der Waals surface area contributed by atoms with E-state index in [-0.39, 0.29) is 12.5 Å². The highest BCUT2D eigenvalue weighted by Gasteiger charge is 2.31. The Morgan fingerprint density at radius 3 is 2.15 bits per heavy atom. The first-order chi connectivity index (χ1) is 15.2. The lowest BCUT2D eigenvalue weighted by Gasteiger charge is -2.33. The molecule has 1 atom stereocenters. The smallest absolute Gasteiger partial charge is 0.244 e. The SMILES string of the molecule is Cc1ccccc1N(CC(=O)N(Cc1ccc(Br)cc1)[C@H](C)C(=O)NC(C)(C)C)S(C)(=O)=O. The van der Waals surface area contributed by atoms with Crippen LogP contribution >= 0.6 is 15.9 Å². The van der Waals surface area contributed by atoms with E-state index >= 15 is 0 Å². The maximum Gasteiger partial charge on any atom is 0.244 e. The van der Waals surface area contributed by atoms with E-state index in [1.165, 1.54) is 4.90 Å². The van der Waals surface area contributed by atoms with Crippen LogP contribution in [0.4, 0.5) is 5.69 Å². The Morgan fingerprint density at radius 2 is 1.64 bits per heavy atom. The van der Waals surface area contributed by atoms with Gasteiger partial charge < -0.3 is 10.2 Å². The van der Waals surface area contributed by atoms with E-state index in [2.05, 4.69) is 21.2 Å². The lowest BCUT2D eigenvalue weighted by molar-refractivity contribution is -0.140. The Hall–Kier alpha value is -2.39. The summed E-state index contributed by atoms with van der Waals surface area (Å²) in [5.41, 5.74) is 1.51. The monoisotopic (exact) mass is 537 g/mol. The summed E-state index contributed by atoms with van der Waals surface area (Å²) in [6.45, 7) is 8.78. The second-order valence-electron chi connectivity index (χ2n) is 9.12. The molecule has 0 saturated carbocycles. The molecule has 0 radical (unpaired) electrons. The van der Waals surface area contributed by atoms with Crippen LogP contribution in [0.2, 0.25) is 0 Å². The Bertz CT molecular complexity index is 1100. The minimum Gasteiger partial charge on any atom is -0.350 e. The molecule has 7 nitrogen and oxygen atoms in total. The molecule has 2 aromatic rings. The predicted octanol–water partition coefficient (Wildman–Crippen LogP) is 3.86. The van der Waals surface area contributed by atoms with E-state index in [0.717, 1.165) is 26.2 Å². The zero-order valence-electron chi connectivity index (χ0n) is 19.9. The molecule has 1 N–H and O–H groups in total. The van der Waals surface area contributed by atoms with Crippen LogP contribution in [0.3, 0.4) is 0 Å². The van der Waals surface area contributed by atoms with Gasteiger partial charge in [0.1, 0.15) is 12.6 Å². The van der Waals surface area contributed by atoms with Crippen molar-refractivity contribution >= 4 is 43.5 Å². The molecule has 0 heterocycles. The topological polar surface area (TPSA) is 86.8 Å². The van der Waals surface area contributed by atoms with Crippen LogP contribution in [0, 0.1) is 6.92 Å². The molecule has 9 heteroatoms. The average molecular weight is 539 g/mol. The Balaban J connectivity index is 2.41. The van der Waals surface area contributed by atoms with E-state index in [9.17, 15) is 18.0 Å². The van der Waals surface area contributed by atoms with E-state index in [1.807, 2.05) is 45.0 Å². The molecule has 180 valence electrons. The quantitative estimate of drug-likeness (QED) is 0.553. The third kappa shape index (κ3) is 7.85. The van der Waals surface area contributed by atoms with Gasteiger partial charge in [-0.1, -0.05) is 46.3 Å². The number of carbonyl (C=O) groups is 2. The van der Waals surface area contributed by atoms with Gasteiger partial charge in [-0.05, 0) is 63.9 Å². The molecule has 0 spiro atoms. The van der Waals surface area contributed by atoms with Crippen molar-refractivity contribution < 1.29 is 18.0 Å². The highest BCUT2D eigenvalue weighted by molar-refractivity contribution is 9.10. The lowest BCUT2D eigenvalue weighted by Crippen LogP contribution is -2.54. The van der Waals surface area contributed by atoms with Gasteiger partial charge in [0.25, 0.3) is 0 Å². The molecule has 33 heavy (non-hydrogen) atoms. The molecule has 2 aromatic carbocycles. The number of sulfonamides is 1. The zero-order valence-corrected chi connectivity index (χ0v) is 22.3. The number of nitrogens with zero attached hydrogens (tertiary/aromatic N) is 2. The summed E-state index contributed by atoms with van der Waals surface area (Å²) >= 11 is 3.39. The van der Waals surface area contributed by atoms with E-state index in [1.54, 1.807) is 38.1 Å². The maximum absolute atomic E-state index is 13.5. The Labute approximate surface area is 205 Å². The highest BCUT2D eigenvalue weighted by atomic mass is 79.9. The lowest BCUT2D eigenvalue weighted by atomic mass is 10.1. The van der Waals surface area contributed by atoms with Crippen molar-refractivity contribution in [2.24, 2.45) is 0 Å². The van der Waals surface area contributed by atoms with E-state index in [0.29, 0.717) is 5.69 Å². The minimum atomic E-state index is -3.74. The van der Waals surface area contributed by atoms with Crippen LogP contribution < -0.4 is 9.62 Å². The van der Waals surface area contributed by atoms with Crippen molar-refractivity contribution in [1.29, 1.82) is 0 Å². The largest absolute Gasteiger partial charge is 0.350 e. The Kier molecular flexibility index (Phi) is 8.70. The number of carbonyl (C=O) groups excluding carboxylic acids is 2. The van der Waals surface area contributed by atoms with Crippen molar-refractivity contribution in [2.75, 3.05) is 17.1 Å². The molecule has 2 rings (SSSR count). The Morgan fingerprint density at radius 1 is 1.06 bits per heavy atom. The van der Waals surface area contributed by atoms with Gasteiger partial charge >= 0.3 is 0 Å². The molecule has 2 amide bonds. The normalized spacial score (nSPS) is 12.7. The number of hydrogen-bond acceptors (Lipinski definition) is 4. The molecule has 0 aliphatic rings. The fourth-order valence-corrected chi connectivity index (χ4v) is 4.45. The average Bonchev–Trinajstić information content (AvgIpc) is 2.69. The first-order valence-electron chi connectivity index (χ1n) is 10.6. The molecule has 0 bridgehead atoms. The number of para-hydroxylation sites is 1. The second-order valence-corrected chi connectivity index (χ2v) is 11.9. The van der Waals surface area contributed by atoms with Gasteiger partial charge in [-0.3, -0.25) is 13.9 Å². The zero-order chi connectivity index (χ0) is 25.0. The summed E-state index contributed by atoms with van der Waals surface area (Å²) in [5, 5.41) is 2.90. The standard InChI is InChI=1S/C24H32BrN3O4S/c1-17-9-7-8-10-21(17)28(33(6,31)32)16-22(29)27(15-19-11-13-20(25)14-12-19)18(2)23(30)26-24(3,4)5/h7-14,18H,15-16H2,1-6H3,(H,26,30)/t18-/m1/s1. The molecule has 0 saturated heterocycles.